The lowest BCUT2D eigenvalue weighted by atomic mass is 10.3. The topological polar surface area (TPSA) is 57.6 Å². The van der Waals surface area contributed by atoms with Gasteiger partial charge in [-0.1, -0.05) is 11.8 Å². The second-order valence-electron chi connectivity index (χ2n) is 3.61. The van der Waals surface area contributed by atoms with Crippen molar-refractivity contribution in [1.29, 1.82) is 0 Å². The summed E-state index contributed by atoms with van der Waals surface area (Å²) in [5.74, 6) is -0.0278. The summed E-state index contributed by atoms with van der Waals surface area (Å²) >= 11 is 3.02. The monoisotopic (exact) mass is 266 g/mol. The van der Waals surface area contributed by atoms with Crippen molar-refractivity contribution in [3.8, 4) is 0 Å². The van der Waals surface area contributed by atoms with Crippen LogP contribution in [0.25, 0.3) is 0 Å². The molecule has 3 rings (SSSR count). The molecule has 2 aliphatic rings. The molecule has 0 radical (unpaired) electrons. The lowest BCUT2D eigenvalue weighted by Crippen LogP contribution is -2.24. The maximum Gasteiger partial charge on any atom is 0.232 e. The highest BCUT2D eigenvalue weighted by atomic mass is 32.2. The third-order valence-corrected chi connectivity index (χ3v) is 4.11. The van der Waals surface area contributed by atoms with Crippen LogP contribution in [0.5, 0.6) is 0 Å². The van der Waals surface area contributed by atoms with Crippen LogP contribution in [0.2, 0.25) is 0 Å². The van der Waals surface area contributed by atoms with Gasteiger partial charge in [-0.3, -0.25) is 9.79 Å². The zero-order chi connectivity index (χ0) is 11.7. The fourth-order valence-electron chi connectivity index (χ4n) is 1.73. The normalized spacial score (nSPS) is 17.8. The third-order valence-electron chi connectivity index (χ3n) is 2.47. The second kappa shape index (κ2) is 4.50. The minimum absolute atomic E-state index is 0.0278. The standard InChI is InChI=1S/C10H10N4OS2/c15-8(13-9-11-2-4-16-9)5-7-6-17-10-12-1-3-14(7)10/h2,4,6H,1,3,5H2,(H,11,13,15). The Balaban J connectivity index is 1.60. The van der Waals surface area contributed by atoms with Crippen molar-refractivity contribution in [1.82, 2.24) is 9.88 Å². The predicted molar refractivity (Wildman–Crippen MR) is 70.0 cm³/mol. The quantitative estimate of drug-likeness (QED) is 0.905. The molecule has 1 amide bonds. The summed E-state index contributed by atoms with van der Waals surface area (Å²) in [7, 11) is 0. The van der Waals surface area contributed by atoms with E-state index in [1.165, 1.54) is 11.3 Å². The van der Waals surface area contributed by atoms with E-state index in [0.717, 1.165) is 24.0 Å². The maximum atomic E-state index is 11.8. The molecule has 1 aromatic heterocycles. The predicted octanol–water partition coefficient (Wildman–Crippen LogP) is 1.73. The number of nitrogens with zero attached hydrogens (tertiary/aromatic N) is 3. The molecule has 0 bridgehead atoms. The largest absolute Gasteiger partial charge is 0.322 e. The summed E-state index contributed by atoms with van der Waals surface area (Å²) < 4.78 is 0. The van der Waals surface area contributed by atoms with Gasteiger partial charge in [0.15, 0.2) is 10.3 Å². The van der Waals surface area contributed by atoms with E-state index in [1.807, 2.05) is 10.8 Å². The number of aliphatic imine (C=N–C) groups is 1. The van der Waals surface area contributed by atoms with Gasteiger partial charge in [-0.05, 0) is 5.41 Å². The molecule has 3 heterocycles. The molecule has 0 saturated heterocycles. The minimum Gasteiger partial charge on any atom is -0.322 e. The van der Waals surface area contributed by atoms with Gasteiger partial charge in [0.1, 0.15) is 0 Å². The van der Waals surface area contributed by atoms with E-state index in [2.05, 4.69) is 20.2 Å². The van der Waals surface area contributed by atoms with Gasteiger partial charge in [-0.2, -0.15) is 0 Å². The van der Waals surface area contributed by atoms with Crippen molar-refractivity contribution in [2.45, 2.75) is 6.42 Å². The van der Waals surface area contributed by atoms with Crippen LogP contribution >= 0.6 is 23.1 Å². The van der Waals surface area contributed by atoms with Crippen LogP contribution in [0, 0.1) is 0 Å². The Bertz CT molecular complexity index is 494. The van der Waals surface area contributed by atoms with Gasteiger partial charge in [0, 0.05) is 23.8 Å². The molecule has 88 valence electrons. The average molecular weight is 266 g/mol. The summed E-state index contributed by atoms with van der Waals surface area (Å²) in [6, 6.07) is 0. The zero-order valence-corrected chi connectivity index (χ0v) is 10.6. The molecule has 5 nitrogen and oxygen atoms in total. The van der Waals surface area contributed by atoms with Gasteiger partial charge in [0.2, 0.25) is 5.91 Å². The first-order valence-electron chi connectivity index (χ1n) is 5.20. The van der Waals surface area contributed by atoms with Crippen LogP contribution in [0.4, 0.5) is 5.13 Å². The van der Waals surface area contributed by atoms with Crippen molar-refractivity contribution in [2.24, 2.45) is 4.99 Å². The molecular weight excluding hydrogens is 256 g/mol. The molecule has 2 aliphatic heterocycles. The third kappa shape index (κ3) is 2.20. The number of amidine groups is 1. The molecular formula is C10H10N4OS2. The zero-order valence-electron chi connectivity index (χ0n) is 8.92. The Kier molecular flexibility index (Phi) is 2.86. The molecule has 1 aromatic rings. The number of carbonyl (C=O) groups excluding carboxylic acids is 1. The number of anilines is 1. The van der Waals surface area contributed by atoms with Crippen molar-refractivity contribution in [2.75, 3.05) is 18.4 Å². The number of fused-ring (bicyclic) bond motifs is 1. The van der Waals surface area contributed by atoms with Crippen molar-refractivity contribution in [3.05, 3.63) is 22.7 Å². The number of carbonyl (C=O) groups is 1. The number of nitrogens with one attached hydrogen (secondary N) is 1. The highest BCUT2D eigenvalue weighted by molar-refractivity contribution is 8.16. The molecule has 0 fully saturated rings. The van der Waals surface area contributed by atoms with Crippen molar-refractivity contribution < 1.29 is 4.79 Å². The van der Waals surface area contributed by atoms with Crippen LogP contribution in [0.1, 0.15) is 6.42 Å². The average Bonchev–Trinajstić information content (AvgIpc) is 2.97. The van der Waals surface area contributed by atoms with E-state index in [-0.39, 0.29) is 5.91 Å². The summed E-state index contributed by atoms with van der Waals surface area (Å²) in [4.78, 5) is 22.3. The lowest BCUT2D eigenvalue weighted by Gasteiger charge is -2.15. The molecule has 0 aliphatic carbocycles. The Morgan fingerprint density at radius 1 is 1.59 bits per heavy atom. The Labute approximate surface area is 107 Å². The van der Waals surface area contributed by atoms with Gasteiger partial charge in [-0.25, -0.2) is 4.98 Å². The summed E-state index contributed by atoms with van der Waals surface area (Å²) in [6.07, 6.45) is 2.06. The summed E-state index contributed by atoms with van der Waals surface area (Å²) in [5.41, 5.74) is 1.03. The van der Waals surface area contributed by atoms with E-state index in [9.17, 15) is 4.79 Å². The first-order chi connectivity index (χ1) is 8.33. The molecule has 0 spiro atoms. The molecule has 7 heteroatoms. The highest BCUT2D eigenvalue weighted by Crippen LogP contribution is 2.30. The fourth-order valence-corrected chi connectivity index (χ4v) is 3.23. The summed E-state index contributed by atoms with van der Waals surface area (Å²) in [6.45, 7) is 1.71. The number of aromatic nitrogens is 1. The number of thioether (sulfide) groups is 1. The van der Waals surface area contributed by atoms with Crippen LogP contribution in [0.15, 0.2) is 27.7 Å². The SMILES string of the molecule is O=C(CC1=CSC2=NCCN12)Nc1nccs1. The fraction of sp³-hybridized carbons (Fsp3) is 0.300. The van der Waals surface area contributed by atoms with Crippen molar-refractivity contribution in [3.63, 3.8) is 0 Å². The van der Waals surface area contributed by atoms with Gasteiger partial charge < -0.3 is 10.2 Å². The molecule has 0 saturated carbocycles. The Morgan fingerprint density at radius 3 is 3.35 bits per heavy atom. The Hall–Kier alpha value is -1.34. The molecule has 0 aromatic carbocycles. The number of amides is 1. The van der Waals surface area contributed by atoms with Crippen LogP contribution in [-0.2, 0) is 4.79 Å². The molecule has 1 N–H and O–H groups in total. The number of thiazole rings is 1. The van der Waals surface area contributed by atoms with E-state index < -0.39 is 0 Å². The van der Waals surface area contributed by atoms with Gasteiger partial charge in [-0.15, -0.1) is 11.3 Å². The van der Waals surface area contributed by atoms with Gasteiger partial charge in [0.05, 0.1) is 13.0 Å². The maximum absolute atomic E-state index is 11.8. The molecule has 0 atom stereocenters. The second-order valence-corrected chi connectivity index (χ2v) is 5.34. The van der Waals surface area contributed by atoms with E-state index >= 15 is 0 Å². The van der Waals surface area contributed by atoms with Gasteiger partial charge in [0.25, 0.3) is 0 Å². The van der Waals surface area contributed by atoms with E-state index in [4.69, 9.17) is 0 Å². The van der Waals surface area contributed by atoms with Crippen LogP contribution < -0.4 is 5.32 Å². The Morgan fingerprint density at radius 2 is 2.53 bits per heavy atom. The number of hydrogen-bond acceptors (Lipinski definition) is 6. The van der Waals surface area contributed by atoms with Crippen molar-refractivity contribution >= 4 is 39.3 Å². The summed E-state index contributed by atoms with van der Waals surface area (Å²) in [5, 5.41) is 8.28. The lowest BCUT2D eigenvalue weighted by molar-refractivity contribution is -0.115. The number of rotatable bonds is 3. The van der Waals surface area contributed by atoms with Crippen LogP contribution in [-0.4, -0.2) is 34.0 Å². The van der Waals surface area contributed by atoms with Gasteiger partial charge >= 0.3 is 0 Å². The number of hydrogen-bond donors (Lipinski definition) is 1. The highest BCUT2D eigenvalue weighted by Gasteiger charge is 2.27. The molecule has 0 unspecified atom stereocenters. The first-order valence-corrected chi connectivity index (χ1v) is 6.96. The van der Waals surface area contributed by atoms with Crippen LogP contribution in [0.3, 0.4) is 0 Å². The first kappa shape index (κ1) is 10.8. The smallest absolute Gasteiger partial charge is 0.232 e. The molecule has 17 heavy (non-hydrogen) atoms. The van der Waals surface area contributed by atoms with E-state index in [0.29, 0.717) is 11.6 Å². The minimum atomic E-state index is -0.0278. The van der Waals surface area contributed by atoms with E-state index in [1.54, 1.807) is 18.0 Å².